The number of thiophene rings is 1. The smallest absolute Gasteiger partial charge is 0.252 e. The first-order chi connectivity index (χ1) is 11.6. The van der Waals surface area contributed by atoms with E-state index < -0.39 is 0 Å². The number of benzene rings is 1. The number of rotatable bonds is 8. The number of carbonyl (C=O) groups excluding carboxylic acids is 2. The van der Waals surface area contributed by atoms with Crippen LogP contribution in [0.5, 0.6) is 5.75 Å². The van der Waals surface area contributed by atoms with E-state index in [1.54, 1.807) is 29.6 Å². The van der Waals surface area contributed by atoms with Gasteiger partial charge in [0, 0.05) is 29.6 Å². The molecule has 7 heteroatoms. The maximum Gasteiger partial charge on any atom is 0.252 e. The first kappa shape index (κ1) is 18.3. The summed E-state index contributed by atoms with van der Waals surface area (Å²) in [6, 6.07) is 6.89. The van der Waals surface area contributed by atoms with Gasteiger partial charge in [-0.1, -0.05) is 11.6 Å². The number of anilines is 1. The van der Waals surface area contributed by atoms with Crippen LogP contribution >= 0.6 is 22.9 Å². The molecule has 0 aliphatic rings. The van der Waals surface area contributed by atoms with Crippen molar-refractivity contribution in [1.29, 1.82) is 0 Å². The van der Waals surface area contributed by atoms with E-state index in [9.17, 15) is 9.59 Å². The molecule has 0 saturated heterocycles. The Bertz CT molecular complexity index is 689. The van der Waals surface area contributed by atoms with Gasteiger partial charge in [-0.05, 0) is 43.0 Å². The molecule has 24 heavy (non-hydrogen) atoms. The summed E-state index contributed by atoms with van der Waals surface area (Å²) >= 11 is 7.55. The third-order valence-electron chi connectivity index (χ3n) is 3.17. The SMILES string of the molecule is CCOc1ccc(NC(=O)CCCNC(=O)c2ccsc2)cc1Cl. The average molecular weight is 367 g/mol. The van der Waals surface area contributed by atoms with Crippen molar-refractivity contribution in [3.05, 3.63) is 45.6 Å². The fraction of sp³-hybridized carbons (Fsp3) is 0.294. The minimum Gasteiger partial charge on any atom is -0.492 e. The van der Waals surface area contributed by atoms with Crippen molar-refractivity contribution in [3.63, 3.8) is 0 Å². The molecule has 0 atom stereocenters. The van der Waals surface area contributed by atoms with Crippen LogP contribution in [0.2, 0.25) is 5.02 Å². The Morgan fingerprint density at radius 2 is 2.12 bits per heavy atom. The molecule has 0 bridgehead atoms. The van der Waals surface area contributed by atoms with Gasteiger partial charge in [0.1, 0.15) is 5.75 Å². The van der Waals surface area contributed by atoms with Crippen LogP contribution in [0.3, 0.4) is 0 Å². The molecule has 1 heterocycles. The van der Waals surface area contributed by atoms with Gasteiger partial charge in [-0.2, -0.15) is 11.3 Å². The highest BCUT2D eigenvalue weighted by molar-refractivity contribution is 7.08. The van der Waals surface area contributed by atoms with Crippen molar-refractivity contribution in [2.75, 3.05) is 18.5 Å². The Kier molecular flexibility index (Phi) is 7.08. The predicted molar refractivity (Wildman–Crippen MR) is 97.1 cm³/mol. The van der Waals surface area contributed by atoms with Crippen molar-refractivity contribution in [2.24, 2.45) is 0 Å². The topological polar surface area (TPSA) is 67.4 Å². The van der Waals surface area contributed by atoms with E-state index in [0.29, 0.717) is 48.0 Å². The zero-order valence-corrected chi connectivity index (χ0v) is 14.9. The molecule has 5 nitrogen and oxygen atoms in total. The summed E-state index contributed by atoms with van der Waals surface area (Å²) in [5.74, 6) is 0.350. The molecule has 2 rings (SSSR count). The highest BCUT2D eigenvalue weighted by Gasteiger charge is 2.08. The van der Waals surface area contributed by atoms with Crippen molar-refractivity contribution >= 4 is 40.4 Å². The molecule has 128 valence electrons. The monoisotopic (exact) mass is 366 g/mol. The maximum atomic E-state index is 11.9. The summed E-state index contributed by atoms with van der Waals surface area (Å²) < 4.78 is 5.34. The lowest BCUT2D eigenvalue weighted by Gasteiger charge is -2.09. The molecule has 0 saturated carbocycles. The molecule has 0 aliphatic heterocycles. The van der Waals surface area contributed by atoms with Gasteiger partial charge in [0.25, 0.3) is 5.91 Å². The van der Waals surface area contributed by atoms with E-state index >= 15 is 0 Å². The van der Waals surface area contributed by atoms with Gasteiger partial charge in [0.05, 0.1) is 11.6 Å². The maximum absolute atomic E-state index is 11.9. The lowest BCUT2D eigenvalue weighted by molar-refractivity contribution is -0.116. The van der Waals surface area contributed by atoms with Crippen LogP contribution in [-0.4, -0.2) is 25.0 Å². The largest absolute Gasteiger partial charge is 0.492 e. The number of ether oxygens (including phenoxy) is 1. The van der Waals surface area contributed by atoms with Gasteiger partial charge in [0.15, 0.2) is 0 Å². The van der Waals surface area contributed by atoms with Crippen LogP contribution in [0.1, 0.15) is 30.1 Å². The lowest BCUT2D eigenvalue weighted by atomic mass is 10.2. The Balaban J connectivity index is 1.71. The highest BCUT2D eigenvalue weighted by Crippen LogP contribution is 2.27. The number of carbonyl (C=O) groups is 2. The molecule has 2 aromatic rings. The van der Waals surface area contributed by atoms with Gasteiger partial charge >= 0.3 is 0 Å². The Hall–Kier alpha value is -2.05. The molecular formula is C17H19ClN2O3S. The van der Waals surface area contributed by atoms with Crippen molar-refractivity contribution in [1.82, 2.24) is 5.32 Å². The second-order valence-corrected chi connectivity index (χ2v) is 6.19. The fourth-order valence-electron chi connectivity index (χ4n) is 2.02. The highest BCUT2D eigenvalue weighted by atomic mass is 35.5. The van der Waals surface area contributed by atoms with E-state index in [1.165, 1.54) is 11.3 Å². The fourth-order valence-corrected chi connectivity index (χ4v) is 2.89. The number of amides is 2. The first-order valence-electron chi connectivity index (χ1n) is 7.62. The summed E-state index contributed by atoms with van der Waals surface area (Å²) in [6.07, 6.45) is 0.876. The Morgan fingerprint density at radius 1 is 1.29 bits per heavy atom. The zero-order valence-electron chi connectivity index (χ0n) is 13.3. The number of nitrogens with one attached hydrogen (secondary N) is 2. The minimum absolute atomic E-state index is 0.116. The summed E-state index contributed by atoms with van der Waals surface area (Å²) in [4.78, 5) is 23.6. The lowest BCUT2D eigenvalue weighted by Crippen LogP contribution is -2.25. The van der Waals surface area contributed by atoms with Gasteiger partial charge in [-0.25, -0.2) is 0 Å². The quantitative estimate of drug-likeness (QED) is 0.695. The van der Waals surface area contributed by atoms with Gasteiger partial charge < -0.3 is 15.4 Å². The molecular weight excluding hydrogens is 348 g/mol. The van der Waals surface area contributed by atoms with Crippen LogP contribution in [0.25, 0.3) is 0 Å². The zero-order chi connectivity index (χ0) is 17.4. The summed E-state index contributed by atoms with van der Waals surface area (Å²) in [6.45, 7) is 2.86. The normalized spacial score (nSPS) is 10.2. The van der Waals surface area contributed by atoms with Crippen LogP contribution in [-0.2, 0) is 4.79 Å². The van der Waals surface area contributed by atoms with E-state index in [1.807, 2.05) is 12.3 Å². The van der Waals surface area contributed by atoms with E-state index in [2.05, 4.69) is 10.6 Å². The summed E-state index contributed by atoms with van der Waals surface area (Å²) in [5, 5.41) is 9.66. The molecule has 2 N–H and O–H groups in total. The van der Waals surface area contributed by atoms with Crippen LogP contribution in [0.15, 0.2) is 35.0 Å². The van der Waals surface area contributed by atoms with Crippen molar-refractivity contribution in [3.8, 4) is 5.75 Å². The van der Waals surface area contributed by atoms with Crippen molar-refractivity contribution < 1.29 is 14.3 Å². The third-order valence-corrected chi connectivity index (χ3v) is 4.14. The van der Waals surface area contributed by atoms with E-state index in [-0.39, 0.29) is 11.8 Å². The third kappa shape index (κ3) is 5.54. The summed E-state index contributed by atoms with van der Waals surface area (Å²) in [5.41, 5.74) is 1.27. The molecule has 1 aromatic heterocycles. The molecule has 0 unspecified atom stereocenters. The van der Waals surface area contributed by atoms with Crippen molar-refractivity contribution in [2.45, 2.75) is 19.8 Å². The first-order valence-corrected chi connectivity index (χ1v) is 8.95. The van der Waals surface area contributed by atoms with Gasteiger partial charge in [0.2, 0.25) is 5.91 Å². The van der Waals surface area contributed by atoms with E-state index in [4.69, 9.17) is 16.3 Å². The Labute approximate surface area is 150 Å². The number of halogens is 1. The Morgan fingerprint density at radius 3 is 2.79 bits per heavy atom. The molecule has 0 spiro atoms. The molecule has 0 fully saturated rings. The standard InChI is InChI=1S/C17H19ClN2O3S/c1-2-23-15-6-5-13(10-14(15)18)20-16(21)4-3-8-19-17(22)12-7-9-24-11-12/h5-7,9-11H,2-4,8H2,1H3,(H,19,22)(H,20,21). The second kappa shape index (κ2) is 9.30. The van der Waals surface area contributed by atoms with Crippen LogP contribution in [0, 0.1) is 0 Å². The predicted octanol–water partition coefficient (Wildman–Crippen LogP) is 3.95. The average Bonchev–Trinajstić information content (AvgIpc) is 3.09. The van der Waals surface area contributed by atoms with Gasteiger partial charge in [-0.3, -0.25) is 9.59 Å². The molecule has 2 amide bonds. The van der Waals surface area contributed by atoms with Crippen LogP contribution < -0.4 is 15.4 Å². The van der Waals surface area contributed by atoms with Gasteiger partial charge in [-0.15, -0.1) is 0 Å². The van der Waals surface area contributed by atoms with Crippen LogP contribution in [0.4, 0.5) is 5.69 Å². The number of hydrogen-bond acceptors (Lipinski definition) is 4. The van der Waals surface area contributed by atoms with E-state index in [0.717, 1.165) is 0 Å². The minimum atomic E-state index is -0.125. The summed E-state index contributed by atoms with van der Waals surface area (Å²) in [7, 11) is 0. The molecule has 1 aromatic carbocycles. The number of hydrogen-bond donors (Lipinski definition) is 2. The second-order valence-electron chi connectivity index (χ2n) is 5.00. The molecule has 0 radical (unpaired) electrons. The molecule has 0 aliphatic carbocycles.